The maximum absolute atomic E-state index is 12.5. The first kappa shape index (κ1) is 15.3. The van der Waals surface area contributed by atoms with Crippen LogP contribution in [0, 0.1) is 0 Å². The molecule has 6 nitrogen and oxygen atoms in total. The lowest BCUT2D eigenvalue weighted by molar-refractivity contribution is -0.135. The highest BCUT2D eigenvalue weighted by Crippen LogP contribution is 2.14. The molecular weight excluding hydrogens is 268 g/mol. The average Bonchev–Trinajstić information content (AvgIpc) is 2.47. The summed E-state index contributed by atoms with van der Waals surface area (Å²) in [7, 11) is 5.38. The third-order valence-corrected chi connectivity index (χ3v) is 3.82. The summed E-state index contributed by atoms with van der Waals surface area (Å²) in [6.07, 6.45) is 0. The topological polar surface area (TPSA) is 69.9 Å². The molecule has 6 heteroatoms. The number of piperazine rings is 1. The third kappa shape index (κ3) is 3.33. The molecular formula is C15H22N4O2. The Balaban J connectivity index is 2.12. The Morgan fingerprint density at radius 3 is 2.38 bits per heavy atom. The van der Waals surface area contributed by atoms with E-state index >= 15 is 0 Å². The monoisotopic (exact) mass is 290 g/mol. The van der Waals surface area contributed by atoms with Gasteiger partial charge < -0.3 is 15.5 Å². The Labute approximate surface area is 125 Å². The van der Waals surface area contributed by atoms with Gasteiger partial charge in [0.2, 0.25) is 5.91 Å². The van der Waals surface area contributed by atoms with Gasteiger partial charge in [0.05, 0.1) is 0 Å². The van der Waals surface area contributed by atoms with Gasteiger partial charge in [0.15, 0.2) is 0 Å². The van der Waals surface area contributed by atoms with E-state index in [9.17, 15) is 9.59 Å². The molecule has 21 heavy (non-hydrogen) atoms. The van der Waals surface area contributed by atoms with E-state index in [0.717, 1.165) is 0 Å². The molecule has 1 aliphatic rings. The van der Waals surface area contributed by atoms with Gasteiger partial charge >= 0.3 is 0 Å². The summed E-state index contributed by atoms with van der Waals surface area (Å²) in [4.78, 5) is 30.0. The number of hydrogen-bond acceptors (Lipinski definition) is 4. The average molecular weight is 290 g/mol. The molecule has 0 aromatic heterocycles. The van der Waals surface area contributed by atoms with Crippen molar-refractivity contribution in [3.05, 3.63) is 29.8 Å². The highest BCUT2D eigenvalue weighted by Gasteiger charge is 2.33. The standard InChI is InChI=1S/C15H22N4O2/c1-17(2)15(21)13-10-19(9-8-18(13)3)14(20)11-4-6-12(16)7-5-11/h4-7,13H,8-10,16H2,1-3H3. The second kappa shape index (κ2) is 6.13. The minimum Gasteiger partial charge on any atom is -0.399 e. The third-order valence-electron chi connectivity index (χ3n) is 3.82. The molecule has 2 N–H and O–H groups in total. The number of nitrogens with zero attached hydrogens (tertiary/aromatic N) is 3. The van der Waals surface area contributed by atoms with Crippen molar-refractivity contribution in [3.8, 4) is 0 Å². The summed E-state index contributed by atoms with van der Waals surface area (Å²) in [6, 6.07) is 6.58. The van der Waals surface area contributed by atoms with E-state index in [1.807, 2.05) is 11.9 Å². The van der Waals surface area contributed by atoms with Crippen molar-refractivity contribution in [2.75, 3.05) is 46.5 Å². The van der Waals surface area contributed by atoms with Gasteiger partial charge in [0.1, 0.15) is 6.04 Å². The van der Waals surface area contributed by atoms with Crippen molar-refractivity contribution in [2.24, 2.45) is 0 Å². The first-order valence-corrected chi connectivity index (χ1v) is 6.96. The fourth-order valence-corrected chi connectivity index (χ4v) is 2.43. The maximum Gasteiger partial charge on any atom is 0.253 e. The van der Waals surface area contributed by atoms with Crippen LogP contribution >= 0.6 is 0 Å². The van der Waals surface area contributed by atoms with Crippen LogP contribution in [0.25, 0.3) is 0 Å². The number of anilines is 1. The minimum atomic E-state index is -0.286. The van der Waals surface area contributed by atoms with Crippen molar-refractivity contribution in [1.29, 1.82) is 0 Å². The van der Waals surface area contributed by atoms with E-state index in [4.69, 9.17) is 5.73 Å². The van der Waals surface area contributed by atoms with Crippen LogP contribution in [0.2, 0.25) is 0 Å². The van der Waals surface area contributed by atoms with Gasteiger partial charge in [0, 0.05) is 45.0 Å². The van der Waals surface area contributed by atoms with Crippen molar-refractivity contribution in [3.63, 3.8) is 0 Å². The summed E-state index contributed by atoms with van der Waals surface area (Å²) >= 11 is 0. The van der Waals surface area contributed by atoms with Gasteiger partial charge in [0.25, 0.3) is 5.91 Å². The number of nitrogens with two attached hydrogens (primary N) is 1. The molecule has 1 aromatic carbocycles. The van der Waals surface area contributed by atoms with E-state index in [1.54, 1.807) is 48.2 Å². The zero-order valence-electron chi connectivity index (χ0n) is 12.7. The van der Waals surface area contributed by atoms with Crippen LogP contribution in [0.15, 0.2) is 24.3 Å². The second-order valence-electron chi connectivity index (χ2n) is 5.60. The lowest BCUT2D eigenvalue weighted by atomic mass is 10.1. The molecule has 2 amide bonds. The molecule has 2 rings (SSSR count). The molecule has 1 saturated heterocycles. The minimum absolute atomic E-state index is 0.0207. The first-order chi connectivity index (χ1) is 9.90. The second-order valence-corrected chi connectivity index (χ2v) is 5.60. The zero-order valence-corrected chi connectivity index (χ0v) is 12.7. The van der Waals surface area contributed by atoms with E-state index < -0.39 is 0 Å². The molecule has 1 atom stereocenters. The number of amides is 2. The van der Waals surface area contributed by atoms with Crippen LogP contribution in [0.3, 0.4) is 0 Å². The summed E-state index contributed by atoms with van der Waals surface area (Å²) in [6.45, 7) is 1.72. The number of nitrogen functional groups attached to an aromatic ring is 1. The highest BCUT2D eigenvalue weighted by molar-refractivity contribution is 5.95. The molecule has 1 fully saturated rings. The molecule has 0 spiro atoms. The van der Waals surface area contributed by atoms with E-state index in [2.05, 4.69) is 0 Å². The van der Waals surface area contributed by atoms with Gasteiger partial charge in [-0.15, -0.1) is 0 Å². The molecule has 1 unspecified atom stereocenters. The molecule has 0 saturated carbocycles. The van der Waals surface area contributed by atoms with Crippen LogP contribution < -0.4 is 5.73 Å². The number of carbonyl (C=O) groups excluding carboxylic acids is 2. The lowest BCUT2D eigenvalue weighted by Crippen LogP contribution is -2.58. The van der Waals surface area contributed by atoms with Crippen molar-refractivity contribution >= 4 is 17.5 Å². The predicted octanol–water partition coefficient (Wildman–Crippen LogP) is 0.113. The largest absolute Gasteiger partial charge is 0.399 e. The molecule has 1 aromatic rings. The van der Waals surface area contributed by atoms with E-state index in [1.165, 1.54) is 0 Å². The summed E-state index contributed by atoms with van der Waals surface area (Å²) in [5.41, 5.74) is 6.87. The van der Waals surface area contributed by atoms with Crippen molar-refractivity contribution < 1.29 is 9.59 Å². The molecule has 1 heterocycles. The highest BCUT2D eigenvalue weighted by atomic mass is 16.2. The van der Waals surface area contributed by atoms with Crippen LogP contribution in [-0.2, 0) is 4.79 Å². The van der Waals surface area contributed by atoms with Crippen LogP contribution in [0.1, 0.15) is 10.4 Å². The van der Waals surface area contributed by atoms with Gasteiger partial charge in [-0.25, -0.2) is 0 Å². The molecule has 114 valence electrons. The quantitative estimate of drug-likeness (QED) is 0.785. The zero-order chi connectivity index (χ0) is 15.6. The number of carbonyl (C=O) groups is 2. The molecule has 0 aliphatic carbocycles. The van der Waals surface area contributed by atoms with E-state index in [-0.39, 0.29) is 17.9 Å². The van der Waals surface area contributed by atoms with Crippen molar-refractivity contribution in [2.45, 2.75) is 6.04 Å². The normalized spacial score (nSPS) is 19.4. The van der Waals surface area contributed by atoms with Gasteiger partial charge in [-0.3, -0.25) is 14.5 Å². The Bertz CT molecular complexity index is 527. The van der Waals surface area contributed by atoms with Gasteiger partial charge in [-0.1, -0.05) is 0 Å². The van der Waals surface area contributed by atoms with Crippen LogP contribution in [0.4, 0.5) is 5.69 Å². The van der Waals surface area contributed by atoms with E-state index in [0.29, 0.717) is 30.9 Å². The molecule has 1 aliphatic heterocycles. The summed E-state index contributed by atoms with van der Waals surface area (Å²) in [5.74, 6) is -0.0352. The Morgan fingerprint density at radius 2 is 1.81 bits per heavy atom. The number of likely N-dealkylation sites (N-methyl/N-ethyl adjacent to an activating group) is 2. The Hall–Kier alpha value is -2.08. The van der Waals surface area contributed by atoms with Crippen LogP contribution in [0.5, 0.6) is 0 Å². The first-order valence-electron chi connectivity index (χ1n) is 6.96. The predicted molar refractivity (Wildman–Crippen MR) is 81.9 cm³/mol. The summed E-state index contributed by atoms with van der Waals surface area (Å²) < 4.78 is 0. The number of rotatable bonds is 2. The molecule has 0 bridgehead atoms. The number of benzene rings is 1. The Morgan fingerprint density at radius 1 is 1.19 bits per heavy atom. The van der Waals surface area contributed by atoms with Gasteiger partial charge in [-0.05, 0) is 31.3 Å². The SMILES string of the molecule is CN(C)C(=O)C1CN(C(=O)c2ccc(N)cc2)CCN1C. The lowest BCUT2D eigenvalue weighted by Gasteiger charge is -2.39. The van der Waals surface area contributed by atoms with Crippen LogP contribution in [-0.4, -0.2) is 73.3 Å². The fourth-order valence-electron chi connectivity index (χ4n) is 2.43. The number of hydrogen-bond donors (Lipinski definition) is 1. The Kier molecular flexibility index (Phi) is 4.47. The molecule has 0 radical (unpaired) electrons. The maximum atomic E-state index is 12.5. The smallest absolute Gasteiger partial charge is 0.253 e. The summed E-state index contributed by atoms with van der Waals surface area (Å²) in [5, 5.41) is 0. The fraction of sp³-hybridized carbons (Fsp3) is 0.467. The van der Waals surface area contributed by atoms with Gasteiger partial charge in [-0.2, -0.15) is 0 Å². The van der Waals surface area contributed by atoms with Crippen molar-refractivity contribution in [1.82, 2.24) is 14.7 Å².